The predicted molar refractivity (Wildman–Crippen MR) is 76.4 cm³/mol. The van der Waals surface area contributed by atoms with Gasteiger partial charge in [0.25, 0.3) is 5.56 Å². The Morgan fingerprint density at radius 1 is 1.33 bits per heavy atom. The summed E-state index contributed by atoms with van der Waals surface area (Å²) in [7, 11) is 1.38. The molecule has 2 aromatic rings. The fourth-order valence-electron chi connectivity index (χ4n) is 1.86. The van der Waals surface area contributed by atoms with Crippen LogP contribution < -0.4 is 10.3 Å². The summed E-state index contributed by atoms with van der Waals surface area (Å²) < 4.78 is 34.3. The standard InChI is InChI=1S/C15H10ClF2NO2/c1-3-6-21-9-7-11(17)14(12(18)8-9)13-5-4-10(16)15(20)19(13)2/h1,4-5,7-8H,6H2,2H3. The van der Waals surface area contributed by atoms with Gasteiger partial charge in [-0.25, -0.2) is 8.78 Å². The molecule has 0 unspecified atom stereocenters. The van der Waals surface area contributed by atoms with Crippen LogP contribution in [-0.2, 0) is 7.05 Å². The fourth-order valence-corrected chi connectivity index (χ4v) is 2.05. The number of ether oxygens (including phenoxy) is 1. The first-order valence-corrected chi connectivity index (χ1v) is 6.24. The highest BCUT2D eigenvalue weighted by molar-refractivity contribution is 6.30. The smallest absolute Gasteiger partial charge is 0.269 e. The van der Waals surface area contributed by atoms with Crippen molar-refractivity contribution in [3.8, 4) is 29.4 Å². The molecule has 0 saturated heterocycles. The molecule has 1 heterocycles. The molecule has 0 atom stereocenters. The van der Waals surface area contributed by atoms with E-state index in [0.717, 1.165) is 16.7 Å². The normalized spacial score (nSPS) is 10.2. The zero-order valence-corrected chi connectivity index (χ0v) is 11.7. The molecule has 1 aromatic heterocycles. The number of terminal acetylenes is 1. The number of aromatic nitrogens is 1. The van der Waals surface area contributed by atoms with E-state index in [1.807, 2.05) is 0 Å². The van der Waals surface area contributed by atoms with Crippen molar-refractivity contribution >= 4 is 11.6 Å². The lowest BCUT2D eigenvalue weighted by Gasteiger charge is -2.12. The van der Waals surface area contributed by atoms with Gasteiger partial charge in [0.05, 0.1) is 11.3 Å². The maximum absolute atomic E-state index is 14.1. The van der Waals surface area contributed by atoms with Crippen LogP contribution in [0.1, 0.15) is 0 Å². The Labute approximate surface area is 124 Å². The first kappa shape index (κ1) is 15.1. The van der Waals surface area contributed by atoms with E-state index in [4.69, 9.17) is 22.8 Å². The van der Waals surface area contributed by atoms with Crippen LogP contribution in [0, 0.1) is 24.0 Å². The summed E-state index contributed by atoms with van der Waals surface area (Å²) in [5.41, 5.74) is -0.803. The molecule has 0 bridgehead atoms. The first-order chi connectivity index (χ1) is 9.95. The number of nitrogens with zero attached hydrogens (tertiary/aromatic N) is 1. The second-order valence-electron chi connectivity index (χ2n) is 4.19. The molecule has 108 valence electrons. The summed E-state index contributed by atoms with van der Waals surface area (Å²) in [6.45, 7) is -0.0995. The Bertz CT molecular complexity index is 770. The quantitative estimate of drug-likeness (QED) is 0.816. The molecule has 0 aliphatic rings. The largest absolute Gasteiger partial charge is 0.481 e. The lowest BCUT2D eigenvalue weighted by atomic mass is 10.1. The van der Waals surface area contributed by atoms with Gasteiger partial charge in [-0.3, -0.25) is 4.79 Å². The Kier molecular flexibility index (Phi) is 4.29. The van der Waals surface area contributed by atoms with E-state index in [-0.39, 0.29) is 28.6 Å². The average molecular weight is 310 g/mol. The highest BCUT2D eigenvalue weighted by atomic mass is 35.5. The van der Waals surface area contributed by atoms with Gasteiger partial charge in [0.2, 0.25) is 0 Å². The van der Waals surface area contributed by atoms with Gasteiger partial charge in [-0.15, -0.1) is 6.42 Å². The van der Waals surface area contributed by atoms with Crippen LogP contribution in [-0.4, -0.2) is 11.2 Å². The summed E-state index contributed by atoms with van der Waals surface area (Å²) in [6.07, 6.45) is 5.01. The molecule has 21 heavy (non-hydrogen) atoms. The second-order valence-corrected chi connectivity index (χ2v) is 4.59. The molecule has 0 fully saturated rings. The molecule has 1 aromatic carbocycles. The third-order valence-corrected chi connectivity index (χ3v) is 3.14. The Morgan fingerprint density at radius 3 is 2.52 bits per heavy atom. The second kappa shape index (κ2) is 5.98. The van der Waals surface area contributed by atoms with Gasteiger partial charge < -0.3 is 9.30 Å². The Morgan fingerprint density at radius 2 is 1.95 bits per heavy atom. The lowest BCUT2D eigenvalue weighted by Crippen LogP contribution is -2.19. The van der Waals surface area contributed by atoms with Crippen molar-refractivity contribution in [3.63, 3.8) is 0 Å². The van der Waals surface area contributed by atoms with Crippen LogP contribution in [0.2, 0.25) is 5.02 Å². The minimum atomic E-state index is -0.862. The van der Waals surface area contributed by atoms with Crippen LogP contribution in [0.25, 0.3) is 11.3 Å². The predicted octanol–water partition coefficient (Wildman–Crippen LogP) is 3.00. The topological polar surface area (TPSA) is 31.2 Å². The summed E-state index contributed by atoms with van der Waals surface area (Å²) in [5, 5.41) is -0.0314. The van der Waals surface area contributed by atoms with Gasteiger partial charge in [0.1, 0.15) is 29.0 Å². The third-order valence-electron chi connectivity index (χ3n) is 2.85. The van der Waals surface area contributed by atoms with E-state index in [2.05, 4.69) is 5.92 Å². The van der Waals surface area contributed by atoms with Crippen molar-refractivity contribution in [1.82, 2.24) is 4.57 Å². The van der Waals surface area contributed by atoms with E-state index < -0.39 is 17.2 Å². The Balaban J connectivity index is 2.58. The highest BCUT2D eigenvalue weighted by Crippen LogP contribution is 2.29. The van der Waals surface area contributed by atoms with E-state index in [0.29, 0.717) is 0 Å². The molecule has 0 spiro atoms. The van der Waals surface area contributed by atoms with E-state index in [9.17, 15) is 13.6 Å². The van der Waals surface area contributed by atoms with Crippen LogP contribution >= 0.6 is 11.6 Å². The molecule has 0 radical (unpaired) electrons. The molecule has 2 rings (SSSR count). The van der Waals surface area contributed by atoms with Crippen molar-refractivity contribution < 1.29 is 13.5 Å². The van der Waals surface area contributed by atoms with Gasteiger partial charge >= 0.3 is 0 Å². The van der Waals surface area contributed by atoms with Gasteiger partial charge in [0.15, 0.2) is 0 Å². The number of hydrogen-bond donors (Lipinski definition) is 0. The van der Waals surface area contributed by atoms with Crippen LogP contribution in [0.15, 0.2) is 29.1 Å². The molecular formula is C15H10ClF2NO2. The van der Waals surface area contributed by atoms with Crippen LogP contribution in [0.4, 0.5) is 8.78 Å². The number of rotatable bonds is 3. The summed E-state index contributed by atoms with van der Waals surface area (Å²) in [5.74, 6) is 0.451. The highest BCUT2D eigenvalue weighted by Gasteiger charge is 2.17. The number of pyridine rings is 1. The number of hydrogen-bond acceptors (Lipinski definition) is 2. The van der Waals surface area contributed by atoms with Gasteiger partial charge in [-0.1, -0.05) is 17.5 Å². The van der Waals surface area contributed by atoms with E-state index in [1.54, 1.807) is 0 Å². The molecule has 6 heteroatoms. The molecule has 0 amide bonds. The summed E-state index contributed by atoms with van der Waals surface area (Å²) in [6, 6.07) is 4.68. The average Bonchev–Trinajstić information content (AvgIpc) is 2.44. The van der Waals surface area contributed by atoms with Gasteiger partial charge in [0, 0.05) is 19.2 Å². The number of halogens is 3. The van der Waals surface area contributed by atoms with Crippen molar-refractivity contribution in [3.05, 3.63) is 51.3 Å². The molecule has 0 aliphatic heterocycles. The van der Waals surface area contributed by atoms with E-state index >= 15 is 0 Å². The molecule has 0 saturated carbocycles. The van der Waals surface area contributed by atoms with Crippen molar-refractivity contribution in [2.75, 3.05) is 6.61 Å². The van der Waals surface area contributed by atoms with Gasteiger partial charge in [-0.2, -0.15) is 0 Å². The lowest BCUT2D eigenvalue weighted by molar-refractivity contribution is 0.365. The Hall–Kier alpha value is -2.32. The van der Waals surface area contributed by atoms with Crippen molar-refractivity contribution in [2.24, 2.45) is 7.05 Å². The monoisotopic (exact) mass is 309 g/mol. The minimum absolute atomic E-state index is 0.0225. The van der Waals surface area contributed by atoms with E-state index in [1.165, 1.54) is 19.2 Å². The first-order valence-electron chi connectivity index (χ1n) is 5.87. The zero-order chi connectivity index (χ0) is 15.6. The SMILES string of the molecule is C#CCOc1cc(F)c(-c2ccc(Cl)c(=O)n2C)c(F)c1. The fraction of sp³-hybridized carbons (Fsp3) is 0.133. The zero-order valence-electron chi connectivity index (χ0n) is 11.0. The molecule has 0 aliphatic carbocycles. The maximum atomic E-state index is 14.1. The molecule has 0 N–H and O–H groups in total. The van der Waals surface area contributed by atoms with Crippen LogP contribution in [0.5, 0.6) is 5.75 Å². The van der Waals surface area contributed by atoms with Crippen molar-refractivity contribution in [2.45, 2.75) is 0 Å². The van der Waals surface area contributed by atoms with Gasteiger partial charge in [-0.05, 0) is 12.1 Å². The summed E-state index contributed by atoms with van der Waals surface area (Å²) >= 11 is 5.68. The third kappa shape index (κ3) is 2.91. The molecular weight excluding hydrogens is 300 g/mol. The maximum Gasteiger partial charge on any atom is 0.269 e. The molecule has 3 nitrogen and oxygen atoms in total. The number of benzene rings is 1. The van der Waals surface area contributed by atoms with Crippen molar-refractivity contribution in [1.29, 1.82) is 0 Å². The van der Waals surface area contributed by atoms with Crippen LogP contribution in [0.3, 0.4) is 0 Å². The summed E-state index contributed by atoms with van der Waals surface area (Å²) in [4.78, 5) is 11.7. The minimum Gasteiger partial charge on any atom is -0.481 e.